The molecule has 186 valence electrons. The van der Waals surface area contributed by atoms with E-state index in [9.17, 15) is 9.59 Å². The van der Waals surface area contributed by atoms with Crippen molar-refractivity contribution < 1.29 is 19.1 Å². The van der Waals surface area contributed by atoms with Crippen molar-refractivity contribution in [1.82, 2.24) is 14.8 Å². The standard InChI is InChI=1S/C26H26N4O4S2/c1-4-33-20-14-10-9-13-18(20)23-28-29-26(30(23)3)36-16-21(31)27-24-22(25(32)34-5-2)19(15-35-24)17-11-7-6-8-12-17/h6-15H,4-5,16H2,1-3H3,(H,27,31). The van der Waals surface area contributed by atoms with Crippen LogP contribution in [-0.2, 0) is 16.6 Å². The van der Waals surface area contributed by atoms with Gasteiger partial charge in [0.25, 0.3) is 0 Å². The summed E-state index contributed by atoms with van der Waals surface area (Å²) < 4.78 is 12.8. The molecule has 0 bridgehead atoms. The number of para-hydroxylation sites is 1. The number of nitrogens with zero attached hydrogens (tertiary/aromatic N) is 3. The number of esters is 1. The molecule has 0 radical (unpaired) electrons. The molecule has 1 amide bonds. The van der Waals surface area contributed by atoms with Gasteiger partial charge in [-0.25, -0.2) is 4.79 Å². The molecule has 2 heterocycles. The fraction of sp³-hybridized carbons (Fsp3) is 0.231. The van der Waals surface area contributed by atoms with E-state index in [1.54, 1.807) is 6.92 Å². The van der Waals surface area contributed by atoms with Crippen LogP contribution in [0.1, 0.15) is 24.2 Å². The Labute approximate surface area is 217 Å². The molecule has 2 aromatic carbocycles. The molecule has 2 aromatic heterocycles. The molecular formula is C26H26N4O4S2. The second-order valence-corrected chi connectivity index (χ2v) is 9.39. The monoisotopic (exact) mass is 522 g/mol. The maximum Gasteiger partial charge on any atom is 0.341 e. The molecule has 0 saturated carbocycles. The molecule has 4 rings (SSSR count). The lowest BCUT2D eigenvalue weighted by Gasteiger charge is -2.10. The van der Waals surface area contributed by atoms with Gasteiger partial charge in [0.1, 0.15) is 16.3 Å². The van der Waals surface area contributed by atoms with Crippen LogP contribution in [0.3, 0.4) is 0 Å². The number of rotatable bonds is 10. The number of aromatic nitrogens is 3. The van der Waals surface area contributed by atoms with Gasteiger partial charge in [-0.05, 0) is 31.5 Å². The number of benzene rings is 2. The smallest absolute Gasteiger partial charge is 0.341 e. The normalized spacial score (nSPS) is 10.8. The summed E-state index contributed by atoms with van der Waals surface area (Å²) in [7, 11) is 1.85. The van der Waals surface area contributed by atoms with E-state index in [-0.39, 0.29) is 18.3 Å². The average Bonchev–Trinajstić information content (AvgIpc) is 3.47. The first-order valence-electron chi connectivity index (χ1n) is 11.4. The van der Waals surface area contributed by atoms with E-state index in [2.05, 4.69) is 15.5 Å². The Morgan fingerprint density at radius 2 is 1.75 bits per heavy atom. The molecule has 0 atom stereocenters. The molecule has 0 unspecified atom stereocenters. The molecule has 10 heteroatoms. The summed E-state index contributed by atoms with van der Waals surface area (Å²) in [5.74, 6) is 0.748. The molecule has 0 saturated heterocycles. The van der Waals surface area contributed by atoms with Gasteiger partial charge in [0.05, 0.1) is 24.5 Å². The maximum absolute atomic E-state index is 12.8. The van der Waals surface area contributed by atoms with Gasteiger partial charge in [-0.3, -0.25) is 4.79 Å². The summed E-state index contributed by atoms with van der Waals surface area (Å²) in [6, 6.07) is 17.2. The summed E-state index contributed by atoms with van der Waals surface area (Å²) in [6.45, 7) is 4.46. The minimum Gasteiger partial charge on any atom is -0.493 e. The zero-order chi connectivity index (χ0) is 25.5. The molecule has 0 spiro atoms. The summed E-state index contributed by atoms with van der Waals surface area (Å²) in [5, 5.41) is 14.3. The van der Waals surface area contributed by atoms with E-state index in [0.29, 0.717) is 28.2 Å². The van der Waals surface area contributed by atoms with Gasteiger partial charge in [0.15, 0.2) is 11.0 Å². The topological polar surface area (TPSA) is 95.3 Å². The molecule has 8 nitrogen and oxygen atoms in total. The van der Waals surface area contributed by atoms with Gasteiger partial charge in [-0.1, -0.05) is 54.2 Å². The summed E-state index contributed by atoms with van der Waals surface area (Å²) in [4.78, 5) is 25.6. The molecule has 1 N–H and O–H groups in total. The Balaban J connectivity index is 1.49. The van der Waals surface area contributed by atoms with Gasteiger partial charge >= 0.3 is 5.97 Å². The number of carbonyl (C=O) groups excluding carboxylic acids is 2. The predicted octanol–water partition coefficient (Wildman–Crippen LogP) is 5.52. The molecule has 0 aliphatic carbocycles. The summed E-state index contributed by atoms with van der Waals surface area (Å²) in [5.41, 5.74) is 2.80. The van der Waals surface area contributed by atoms with Crippen LogP contribution in [0.15, 0.2) is 65.1 Å². The van der Waals surface area contributed by atoms with Crippen molar-refractivity contribution in [2.24, 2.45) is 7.05 Å². The minimum absolute atomic E-state index is 0.0971. The third kappa shape index (κ3) is 5.60. The van der Waals surface area contributed by atoms with Crippen LogP contribution in [0, 0.1) is 0 Å². The SMILES string of the molecule is CCOC(=O)c1c(-c2ccccc2)csc1NC(=O)CSc1nnc(-c2ccccc2OCC)n1C. The van der Waals surface area contributed by atoms with Crippen molar-refractivity contribution >= 4 is 40.0 Å². The number of anilines is 1. The minimum atomic E-state index is -0.466. The third-order valence-corrected chi connectivity index (χ3v) is 7.12. The van der Waals surface area contributed by atoms with Gasteiger partial charge in [-0.2, -0.15) is 0 Å². The number of amides is 1. The van der Waals surface area contributed by atoms with Crippen LogP contribution >= 0.6 is 23.1 Å². The number of nitrogens with one attached hydrogen (secondary N) is 1. The average molecular weight is 523 g/mol. The van der Waals surface area contributed by atoms with Crippen LogP contribution in [0.4, 0.5) is 5.00 Å². The Bertz CT molecular complexity index is 1350. The van der Waals surface area contributed by atoms with Gasteiger partial charge in [0, 0.05) is 18.0 Å². The lowest BCUT2D eigenvalue weighted by molar-refractivity contribution is -0.113. The summed E-state index contributed by atoms with van der Waals surface area (Å²) in [6.07, 6.45) is 0. The van der Waals surface area contributed by atoms with Crippen LogP contribution in [0.5, 0.6) is 5.75 Å². The first-order valence-corrected chi connectivity index (χ1v) is 13.3. The number of ether oxygens (including phenoxy) is 2. The number of thiophene rings is 1. The highest BCUT2D eigenvalue weighted by molar-refractivity contribution is 7.99. The van der Waals surface area contributed by atoms with Crippen molar-refractivity contribution in [1.29, 1.82) is 0 Å². The summed E-state index contributed by atoms with van der Waals surface area (Å²) >= 11 is 2.56. The van der Waals surface area contributed by atoms with E-state index >= 15 is 0 Å². The Morgan fingerprint density at radius 1 is 1.00 bits per heavy atom. The van der Waals surface area contributed by atoms with Crippen LogP contribution in [0.2, 0.25) is 0 Å². The highest BCUT2D eigenvalue weighted by atomic mass is 32.2. The van der Waals surface area contributed by atoms with Crippen molar-refractivity contribution in [2.75, 3.05) is 24.3 Å². The van der Waals surface area contributed by atoms with Gasteiger partial charge in [-0.15, -0.1) is 21.5 Å². The van der Waals surface area contributed by atoms with Crippen molar-refractivity contribution in [2.45, 2.75) is 19.0 Å². The van der Waals surface area contributed by atoms with E-state index in [0.717, 1.165) is 22.4 Å². The zero-order valence-corrected chi connectivity index (χ0v) is 21.8. The van der Waals surface area contributed by atoms with Crippen molar-refractivity contribution in [3.05, 3.63) is 65.5 Å². The molecule has 0 aliphatic heterocycles. The van der Waals surface area contributed by atoms with E-state index in [1.165, 1.54) is 23.1 Å². The zero-order valence-electron chi connectivity index (χ0n) is 20.2. The first-order chi connectivity index (χ1) is 17.5. The number of thioether (sulfide) groups is 1. The Morgan fingerprint density at radius 3 is 2.50 bits per heavy atom. The first kappa shape index (κ1) is 25.5. The predicted molar refractivity (Wildman–Crippen MR) is 143 cm³/mol. The molecule has 0 fully saturated rings. The van der Waals surface area contributed by atoms with Gasteiger partial charge in [0.2, 0.25) is 5.91 Å². The second kappa shape index (κ2) is 11.9. The number of carbonyl (C=O) groups is 2. The third-order valence-electron chi connectivity index (χ3n) is 5.20. The quantitative estimate of drug-likeness (QED) is 0.217. The van der Waals surface area contributed by atoms with Crippen LogP contribution < -0.4 is 10.1 Å². The highest BCUT2D eigenvalue weighted by Gasteiger charge is 2.23. The fourth-order valence-electron chi connectivity index (χ4n) is 3.59. The van der Waals surface area contributed by atoms with E-state index in [4.69, 9.17) is 9.47 Å². The van der Waals surface area contributed by atoms with Gasteiger partial charge < -0.3 is 19.4 Å². The van der Waals surface area contributed by atoms with Crippen molar-refractivity contribution in [3.63, 3.8) is 0 Å². The number of hydrogen-bond donors (Lipinski definition) is 1. The maximum atomic E-state index is 12.8. The fourth-order valence-corrected chi connectivity index (χ4v) is 5.27. The van der Waals surface area contributed by atoms with Crippen LogP contribution in [-0.4, -0.2) is 45.6 Å². The lowest BCUT2D eigenvalue weighted by Crippen LogP contribution is -2.16. The molecule has 0 aliphatic rings. The molecular weight excluding hydrogens is 496 g/mol. The van der Waals surface area contributed by atoms with Crippen molar-refractivity contribution in [3.8, 4) is 28.3 Å². The van der Waals surface area contributed by atoms with Crippen LogP contribution in [0.25, 0.3) is 22.5 Å². The van der Waals surface area contributed by atoms with E-state index in [1.807, 2.05) is 78.5 Å². The second-order valence-electron chi connectivity index (χ2n) is 7.57. The Hall–Kier alpha value is -3.63. The van der Waals surface area contributed by atoms with E-state index < -0.39 is 5.97 Å². The highest BCUT2D eigenvalue weighted by Crippen LogP contribution is 2.36. The Kier molecular flexibility index (Phi) is 8.40. The largest absolute Gasteiger partial charge is 0.493 e. The lowest BCUT2D eigenvalue weighted by atomic mass is 10.0. The number of hydrogen-bond acceptors (Lipinski definition) is 8. The molecule has 36 heavy (non-hydrogen) atoms. The molecule has 4 aromatic rings.